The summed E-state index contributed by atoms with van der Waals surface area (Å²) in [6, 6.07) is 10.4. The number of carbonyl (C=O) groups is 1. The molecule has 0 fully saturated rings. The van der Waals surface area contributed by atoms with E-state index in [1.54, 1.807) is 0 Å². The maximum Gasteiger partial charge on any atom is 0.227 e. The molecule has 2 aromatic heterocycles. The molecule has 0 saturated carbocycles. The Labute approximate surface area is 141 Å². The van der Waals surface area contributed by atoms with Crippen molar-refractivity contribution in [1.82, 2.24) is 15.0 Å². The highest BCUT2D eigenvalue weighted by Gasteiger charge is 2.22. The van der Waals surface area contributed by atoms with Gasteiger partial charge >= 0.3 is 0 Å². The molecule has 0 bridgehead atoms. The molecule has 3 rings (SSSR count). The maximum atomic E-state index is 12.3. The second-order valence-corrected chi connectivity index (χ2v) is 6.17. The Morgan fingerprint density at radius 3 is 2.83 bits per heavy atom. The van der Waals surface area contributed by atoms with E-state index < -0.39 is 0 Å². The molecule has 1 atom stereocenters. The fraction of sp³-hybridized carbons (Fsp3) is 0.368. The van der Waals surface area contributed by atoms with Crippen molar-refractivity contribution >= 4 is 16.8 Å². The molecule has 126 valence electrons. The Morgan fingerprint density at radius 1 is 1.29 bits per heavy atom. The highest BCUT2D eigenvalue weighted by Crippen LogP contribution is 2.23. The van der Waals surface area contributed by atoms with Crippen LogP contribution in [0.25, 0.3) is 10.9 Å². The van der Waals surface area contributed by atoms with Crippen LogP contribution in [0.3, 0.4) is 0 Å². The Morgan fingerprint density at radius 2 is 2.08 bits per heavy atom. The summed E-state index contributed by atoms with van der Waals surface area (Å²) >= 11 is 0. The van der Waals surface area contributed by atoms with Crippen molar-refractivity contribution in [2.24, 2.45) is 0 Å². The van der Waals surface area contributed by atoms with Crippen LogP contribution in [0, 0.1) is 13.8 Å². The van der Waals surface area contributed by atoms with E-state index >= 15 is 0 Å². The van der Waals surface area contributed by atoms with Gasteiger partial charge in [-0.2, -0.15) is 0 Å². The number of nitrogens with zero attached hydrogens (tertiary/aromatic N) is 2. The zero-order valence-electron chi connectivity index (χ0n) is 14.4. The van der Waals surface area contributed by atoms with Gasteiger partial charge in [0.1, 0.15) is 5.76 Å². The third kappa shape index (κ3) is 3.20. The SMILES string of the molecule is Cc1noc(C)c1C(C)C(=O)NCCCn1ccc2ccccc21. The second kappa shape index (κ2) is 6.91. The van der Waals surface area contributed by atoms with Crippen molar-refractivity contribution < 1.29 is 9.32 Å². The number of benzene rings is 1. The molecule has 0 aliphatic carbocycles. The van der Waals surface area contributed by atoms with Crippen LogP contribution in [0.1, 0.15) is 36.3 Å². The van der Waals surface area contributed by atoms with Gasteiger partial charge in [0.25, 0.3) is 0 Å². The van der Waals surface area contributed by atoms with Crippen LogP contribution >= 0.6 is 0 Å². The van der Waals surface area contributed by atoms with Crippen molar-refractivity contribution in [3.05, 3.63) is 53.5 Å². The van der Waals surface area contributed by atoms with Crippen LogP contribution in [0.4, 0.5) is 0 Å². The summed E-state index contributed by atoms with van der Waals surface area (Å²) in [6.07, 6.45) is 2.98. The predicted octanol–water partition coefficient (Wildman–Crippen LogP) is 3.56. The molecule has 1 unspecified atom stereocenters. The second-order valence-electron chi connectivity index (χ2n) is 6.17. The number of para-hydroxylation sites is 1. The highest BCUT2D eigenvalue weighted by atomic mass is 16.5. The van der Waals surface area contributed by atoms with Crippen molar-refractivity contribution in [3.8, 4) is 0 Å². The smallest absolute Gasteiger partial charge is 0.227 e. The predicted molar refractivity (Wildman–Crippen MR) is 94.0 cm³/mol. The fourth-order valence-corrected chi connectivity index (χ4v) is 3.19. The van der Waals surface area contributed by atoms with E-state index in [0.717, 1.165) is 24.2 Å². The van der Waals surface area contributed by atoms with Crippen LogP contribution in [0.2, 0.25) is 0 Å². The van der Waals surface area contributed by atoms with Gasteiger partial charge in [-0.15, -0.1) is 0 Å². The largest absolute Gasteiger partial charge is 0.361 e. The summed E-state index contributed by atoms with van der Waals surface area (Å²) in [7, 11) is 0. The third-order valence-corrected chi connectivity index (χ3v) is 4.47. The topological polar surface area (TPSA) is 60.1 Å². The fourth-order valence-electron chi connectivity index (χ4n) is 3.19. The number of rotatable bonds is 6. The van der Waals surface area contributed by atoms with E-state index in [4.69, 9.17) is 4.52 Å². The van der Waals surface area contributed by atoms with E-state index in [9.17, 15) is 4.79 Å². The molecule has 1 amide bonds. The molecule has 0 radical (unpaired) electrons. The molecule has 1 aromatic carbocycles. The highest BCUT2D eigenvalue weighted by molar-refractivity contribution is 5.83. The standard InChI is InChI=1S/C19H23N3O2/c1-13(18-14(2)21-24-15(18)3)19(23)20-10-6-11-22-12-9-16-7-4-5-8-17(16)22/h4-5,7-9,12-13H,6,10-11H2,1-3H3,(H,20,23). The molecule has 5 nitrogen and oxygen atoms in total. The van der Waals surface area contributed by atoms with Gasteiger partial charge in [-0.05, 0) is 44.7 Å². The first-order chi connectivity index (χ1) is 11.6. The van der Waals surface area contributed by atoms with Gasteiger partial charge in [0.2, 0.25) is 5.91 Å². The first-order valence-electron chi connectivity index (χ1n) is 8.32. The van der Waals surface area contributed by atoms with Crippen LogP contribution < -0.4 is 5.32 Å². The molecule has 0 spiro atoms. The molecule has 3 aromatic rings. The Balaban J connectivity index is 1.52. The van der Waals surface area contributed by atoms with Crippen molar-refractivity contribution in [2.75, 3.05) is 6.54 Å². The van der Waals surface area contributed by atoms with E-state index in [0.29, 0.717) is 12.3 Å². The lowest BCUT2D eigenvalue weighted by Crippen LogP contribution is -2.29. The number of hydrogen-bond donors (Lipinski definition) is 1. The summed E-state index contributed by atoms with van der Waals surface area (Å²) in [5.74, 6) is 0.486. The number of aromatic nitrogens is 2. The van der Waals surface area contributed by atoms with Crippen LogP contribution in [0.5, 0.6) is 0 Å². The number of hydrogen-bond acceptors (Lipinski definition) is 3. The van der Waals surface area contributed by atoms with E-state index in [-0.39, 0.29) is 11.8 Å². The Hall–Kier alpha value is -2.56. The number of amides is 1. The van der Waals surface area contributed by atoms with Crippen LogP contribution in [-0.4, -0.2) is 22.2 Å². The van der Waals surface area contributed by atoms with Gasteiger partial charge < -0.3 is 14.4 Å². The van der Waals surface area contributed by atoms with E-state index in [1.165, 1.54) is 10.9 Å². The van der Waals surface area contributed by atoms with Crippen molar-refractivity contribution in [1.29, 1.82) is 0 Å². The summed E-state index contributed by atoms with van der Waals surface area (Å²) < 4.78 is 7.37. The lowest BCUT2D eigenvalue weighted by atomic mass is 9.99. The minimum absolute atomic E-state index is 0.0155. The quantitative estimate of drug-likeness (QED) is 0.705. The normalized spacial score (nSPS) is 12.5. The summed E-state index contributed by atoms with van der Waals surface area (Å²) in [5, 5.41) is 8.18. The first-order valence-corrected chi connectivity index (χ1v) is 8.32. The van der Waals surface area contributed by atoms with Gasteiger partial charge in [0, 0.05) is 30.4 Å². The number of fused-ring (bicyclic) bond motifs is 1. The molecule has 0 saturated heterocycles. The lowest BCUT2D eigenvalue weighted by Gasteiger charge is -2.12. The molecular weight excluding hydrogens is 302 g/mol. The maximum absolute atomic E-state index is 12.3. The molecule has 5 heteroatoms. The summed E-state index contributed by atoms with van der Waals surface area (Å²) in [5.41, 5.74) is 2.91. The van der Waals surface area contributed by atoms with E-state index in [2.05, 4.69) is 39.4 Å². The van der Waals surface area contributed by atoms with Crippen LogP contribution in [-0.2, 0) is 11.3 Å². The minimum Gasteiger partial charge on any atom is -0.361 e. The zero-order chi connectivity index (χ0) is 17.1. The minimum atomic E-state index is -0.247. The van der Waals surface area contributed by atoms with Crippen molar-refractivity contribution in [2.45, 2.75) is 39.7 Å². The molecule has 0 aliphatic heterocycles. The zero-order valence-corrected chi connectivity index (χ0v) is 14.4. The molecular formula is C19H23N3O2. The summed E-state index contributed by atoms with van der Waals surface area (Å²) in [4.78, 5) is 12.3. The Kier molecular flexibility index (Phi) is 4.69. The average Bonchev–Trinajstić information content (AvgIpc) is 3.14. The van der Waals surface area contributed by atoms with Gasteiger partial charge in [-0.1, -0.05) is 23.4 Å². The molecule has 24 heavy (non-hydrogen) atoms. The number of nitrogens with one attached hydrogen (secondary N) is 1. The van der Waals surface area contributed by atoms with Gasteiger partial charge in [0.15, 0.2) is 0 Å². The monoisotopic (exact) mass is 325 g/mol. The molecule has 2 heterocycles. The van der Waals surface area contributed by atoms with Crippen LogP contribution in [0.15, 0.2) is 41.1 Å². The molecule has 0 aliphatic rings. The molecule has 1 N–H and O–H groups in total. The average molecular weight is 325 g/mol. The van der Waals surface area contributed by atoms with Crippen molar-refractivity contribution in [3.63, 3.8) is 0 Å². The van der Waals surface area contributed by atoms with Gasteiger partial charge in [0.05, 0.1) is 11.6 Å². The number of carbonyl (C=O) groups excluding carboxylic acids is 1. The first kappa shape index (κ1) is 16.3. The lowest BCUT2D eigenvalue weighted by molar-refractivity contribution is -0.122. The van der Waals surface area contributed by atoms with Gasteiger partial charge in [-0.25, -0.2) is 0 Å². The van der Waals surface area contributed by atoms with E-state index in [1.807, 2.05) is 32.9 Å². The number of aryl methyl sites for hydroxylation is 3. The summed E-state index contributed by atoms with van der Waals surface area (Å²) in [6.45, 7) is 7.14. The Bertz CT molecular complexity index is 828. The third-order valence-electron chi connectivity index (χ3n) is 4.47. The van der Waals surface area contributed by atoms with Gasteiger partial charge in [-0.3, -0.25) is 4.79 Å².